The van der Waals surface area contributed by atoms with Crippen LogP contribution in [0.4, 0.5) is 26.3 Å². The van der Waals surface area contributed by atoms with Crippen LogP contribution in [0.15, 0.2) is 48.5 Å². The molecular formula is C22H23F6N5O5S. The summed E-state index contributed by atoms with van der Waals surface area (Å²) >= 11 is 1.70. The lowest BCUT2D eigenvalue weighted by molar-refractivity contribution is -0.193. The monoisotopic (exact) mass is 583 g/mol. The van der Waals surface area contributed by atoms with Crippen molar-refractivity contribution in [1.82, 2.24) is 24.4 Å². The number of hydrogen-bond donors (Lipinski definition) is 2. The summed E-state index contributed by atoms with van der Waals surface area (Å²) in [7, 11) is 0. The third-order valence-corrected chi connectivity index (χ3v) is 5.57. The average molecular weight is 584 g/mol. The molecule has 0 fully saturated rings. The van der Waals surface area contributed by atoms with E-state index < -0.39 is 24.3 Å². The van der Waals surface area contributed by atoms with Crippen molar-refractivity contribution in [2.45, 2.75) is 38.6 Å². The highest BCUT2D eigenvalue weighted by Crippen LogP contribution is 2.19. The molecular weight excluding hydrogens is 560 g/mol. The first-order valence-electron chi connectivity index (χ1n) is 10.9. The zero-order valence-electron chi connectivity index (χ0n) is 20.0. The Hall–Kier alpha value is -3.57. The van der Waals surface area contributed by atoms with Gasteiger partial charge in [-0.25, -0.2) is 19.6 Å². The second-order valence-electron chi connectivity index (χ2n) is 7.94. The first kappa shape index (κ1) is 31.6. The van der Waals surface area contributed by atoms with Gasteiger partial charge in [0.25, 0.3) is 0 Å². The van der Waals surface area contributed by atoms with Crippen LogP contribution in [0.25, 0.3) is 0 Å². The average Bonchev–Trinajstić information content (AvgIpc) is 3.48. The summed E-state index contributed by atoms with van der Waals surface area (Å²) in [4.78, 5) is 33.3. The third kappa shape index (κ3) is 11.8. The van der Waals surface area contributed by atoms with E-state index in [2.05, 4.69) is 30.6 Å². The van der Waals surface area contributed by atoms with Gasteiger partial charge in [0.05, 0.1) is 26.3 Å². The molecule has 17 heteroatoms. The van der Waals surface area contributed by atoms with E-state index in [9.17, 15) is 26.3 Å². The summed E-state index contributed by atoms with van der Waals surface area (Å²) in [6.07, 6.45) is -0.707. The Bertz CT molecular complexity index is 1130. The fourth-order valence-electron chi connectivity index (χ4n) is 3.20. The van der Waals surface area contributed by atoms with Gasteiger partial charge in [0.1, 0.15) is 10.8 Å². The normalized spacial score (nSPS) is 15.6. The number of pyridine rings is 1. The Morgan fingerprint density at radius 3 is 2.23 bits per heavy atom. The molecule has 0 spiro atoms. The summed E-state index contributed by atoms with van der Waals surface area (Å²) in [5, 5.41) is 17.4. The van der Waals surface area contributed by atoms with Crippen LogP contribution in [0.2, 0.25) is 0 Å². The van der Waals surface area contributed by atoms with E-state index in [1.807, 2.05) is 36.1 Å². The number of carboxylic acid groups (broad SMARTS) is 2. The second kappa shape index (κ2) is 14.5. The number of ether oxygens (including phenoxy) is 1. The largest absolute Gasteiger partial charge is 0.490 e. The highest BCUT2D eigenvalue weighted by Gasteiger charge is 2.38. The molecule has 10 nitrogen and oxygen atoms in total. The maximum Gasteiger partial charge on any atom is 0.490 e. The van der Waals surface area contributed by atoms with Gasteiger partial charge in [-0.1, -0.05) is 6.07 Å². The second-order valence-corrected chi connectivity index (χ2v) is 8.92. The minimum atomic E-state index is -5.08. The summed E-state index contributed by atoms with van der Waals surface area (Å²) in [6.45, 7) is 4.97. The van der Waals surface area contributed by atoms with Gasteiger partial charge in [-0.3, -0.25) is 9.88 Å². The molecule has 2 N–H and O–H groups in total. The molecule has 4 rings (SSSR count). The first-order valence-corrected chi connectivity index (χ1v) is 11.8. The molecule has 1 unspecified atom stereocenters. The van der Waals surface area contributed by atoms with E-state index in [0.29, 0.717) is 12.5 Å². The Labute approximate surface area is 221 Å². The van der Waals surface area contributed by atoms with E-state index in [1.165, 1.54) is 0 Å². The highest BCUT2D eigenvalue weighted by molar-refractivity contribution is 7.09. The number of nitrogens with zero attached hydrogens (tertiary/aromatic N) is 5. The molecule has 3 aromatic rings. The van der Waals surface area contributed by atoms with Gasteiger partial charge in [0.15, 0.2) is 0 Å². The third-order valence-electron chi connectivity index (χ3n) is 4.81. The topological polar surface area (TPSA) is 131 Å². The van der Waals surface area contributed by atoms with E-state index in [4.69, 9.17) is 24.5 Å². The summed E-state index contributed by atoms with van der Waals surface area (Å²) in [5.74, 6) is -3.97. The fraction of sp³-hybridized carbons (Fsp3) is 0.409. The van der Waals surface area contributed by atoms with Gasteiger partial charge < -0.3 is 19.5 Å². The number of thiazole rings is 1. The predicted octanol–water partition coefficient (Wildman–Crippen LogP) is 3.85. The molecule has 1 aliphatic rings. The lowest BCUT2D eigenvalue weighted by atomic mass is 10.1. The quantitative estimate of drug-likeness (QED) is 0.416. The van der Waals surface area contributed by atoms with Gasteiger partial charge in [0, 0.05) is 55.4 Å². The SMILES string of the molecule is O=C(O)C(F)(F)F.O=C(O)C(F)(F)F.c1cncc(COCC2CN(Cc3nccs3)Cc3nccn3C2)c1. The number of aliphatic carboxylic acids is 2. The first-order chi connectivity index (χ1) is 18.3. The Morgan fingerprint density at radius 2 is 1.69 bits per heavy atom. The van der Waals surface area contributed by atoms with Gasteiger partial charge >= 0.3 is 24.3 Å². The molecule has 3 aromatic heterocycles. The Balaban J connectivity index is 0.000000317. The van der Waals surface area contributed by atoms with Gasteiger partial charge in [0.2, 0.25) is 0 Å². The zero-order chi connectivity index (χ0) is 29.1. The molecule has 39 heavy (non-hydrogen) atoms. The van der Waals surface area contributed by atoms with E-state index >= 15 is 0 Å². The van der Waals surface area contributed by atoms with Crippen LogP contribution in [0.3, 0.4) is 0 Å². The Kier molecular flexibility index (Phi) is 11.8. The number of hydrogen-bond acceptors (Lipinski definition) is 8. The van der Waals surface area contributed by atoms with E-state index in [-0.39, 0.29) is 0 Å². The van der Waals surface area contributed by atoms with Crippen molar-refractivity contribution in [3.63, 3.8) is 0 Å². The molecule has 0 saturated heterocycles. The van der Waals surface area contributed by atoms with Crippen molar-refractivity contribution < 1.29 is 50.9 Å². The molecule has 0 aliphatic carbocycles. The summed E-state index contributed by atoms with van der Waals surface area (Å²) in [6, 6.07) is 3.99. The van der Waals surface area contributed by atoms with Gasteiger partial charge in [-0.05, 0) is 11.6 Å². The summed E-state index contributed by atoms with van der Waals surface area (Å²) in [5.41, 5.74) is 1.11. The van der Waals surface area contributed by atoms with E-state index in [1.54, 1.807) is 17.5 Å². The number of aromatic nitrogens is 4. The number of carbonyl (C=O) groups is 2. The van der Waals surface area contributed by atoms with Crippen molar-refractivity contribution >= 4 is 23.3 Å². The van der Waals surface area contributed by atoms with Crippen LogP contribution in [-0.4, -0.2) is 72.1 Å². The predicted molar refractivity (Wildman–Crippen MR) is 123 cm³/mol. The minimum Gasteiger partial charge on any atom is -0.475 e. The number of rotatable bonds is 6. The molecule has 1 aliphatic heterocycles. The van der Waals surface area contributed by atoms with Gasteiger partial charge in [-0.15, -0.1) is 11.3 Å². The van der Waals surface area contributed by atoms with Crippen molar-refractivity contribution in [3.05, 3.63) is 64.9 Å². The van der Waals surface area contributed by atoms with Gasteiger partial charge in [-0.2, -0.15) is 26.3 Å². The number of imidazole rings is 1. The number of halogens is 6. The molecule has 0 saturated carbocycles. The molecule has 0 amide bonds. The van der Waals surface area contributed by atoms with Crippen LogP contribution in [0, 0.1) is 5.92 Å². The fourth-order valence-corrected chi connectivity index (χ4v) is 3.86. The number of alkyl halides is 6. The number of fused-ring (bicyclic) bond motifs is 1. The molecule has 214 valence electrons. The molecule has 0 aromatic carbocycles. The molecule has 0 radical (unpaired) electrons. The Morgan fingerprint density at radius 1 is 1.03 bits per heavy atom. The zero-order valence-corrected chi connectivity index (χ0v) is 20.8. The lowest BCUT2D eigenvalue weighted by Gasteiger charge is -2.22. The van der Waals surface area contributed by atoms with Crippen molar-refractivity contribution in [3.8, 4) is 0 Å². The van der Waals surface area contributed by atoms with Crippen LogP contribution in [0.1, 0.15) is 16.4 Å². The smallest absolute Gasteiger partial charge is 0.475 e. The van der Waals surface area contributed by atoms with Crippen LogP contribution in [0.5, 0.6) is 0 Å². The number of carboxylic acids is 2. The standard InChI is InChI=1S/C18H21N5OS.2C2HF3O2/c1-2-15(8-19-3-1)13-24-14-16-9-22(12-18-21-5-7-25-18)11-17-20-4-6-23(17)10-16;2*3-2(4,5)1(6)7/h1-8,16H,9-14H2;2*(H,6,7). The molecule has 0 bridgehead atoms. The minimum absolute atomic E-state index is 0.423. The lowest BCUT2D eigenvalue weighted by Crippen LogP contribution is -2.30. The van der Waals surface area contributed by atoms with E-state index in [0.717, 1.165) is 49.2 Å². The van der Waals surface area contributed by atoms with Crippen molar-refractivity contribution in [2.75, 3.05) is 13.2 Å². The van der Waals surface area contributed by atoms with Crippen LogP contribution in [-0.2, 0) is 40.6 Å². The highest BCUT2D eigenvalue weighted by atomic mass is 32.1. The molecule has 1 atom stereocenters. The maximum atomic E-state index is 10.6. The maximum absolute atomic E-state index is 10.6. The molecule has 4 heterocycles. The van der Waals surface area contributed by atoms with Crippen molar-refractivity contribution in [1.29, 1.82) is 0 Å². The van der Waals surface area contributed by atoms with Crippen LogP contribution >= 0.6 is 11.3 Å². The van der Waals surface area contributed by atoms with Crippen molar-refractivity contribution in [2.24, 2.45) is 5.92 Å². The van der Waals surface area contributed by atoms with Crippen LogP contribution < -0.4 is 0 Å². The summed E-state index contributed by atoms with van der Waals surface area (Å²) < 4.78 is 71.7.